The molecule has 12 nitrogen and oxygen atoms in total. The first-order chi connectivity index (χ1) is 9.72. The van der Waals surface area contributed by atoms with Gasteiger partial charge in [0.1, 0.15) is 17.2 Å². The molecule has 0 aliphatic rings. The van der Waals surface area contributed by atoms with Crippen LogP contribution in [0.25, 0.3) is 0 Å². The fraction of sp³-hybridized carbons (Fsp3) is 0.500. The molecule has 0 aliphatic heterocycles. The van der Waals surface area contributed by atoms with Crippen molar-refractivity contribution in [3.63, 3.8) is 0 Å². The third-order valence-electron chi connectivity index (χ3n) is 2.26. The molecular formula is C8H9BrN4O8. The molecule has 0 saturated carbocycles. The Hall–Kier alpha value is -2.44. The van der Waals surface area contributed by atoms with E-state index in [1.54, 1.807) is 0 Å². The van der Waals surface area contributed by atoms with Crippen molar-refractivity contribution in [3.8, 4) is 0 Å². The maximum Gasteiger partial charge on any atom is 0.328 e. The van der Waals surface area contributed by atoms with Crippen LogP contribution in [0, 0.1) is 20.2 Å². The van der Waals surface area contributed by atoms with Crippen molar-refractivity contribution in [3.05, 3.63) is 51.2 Å². The molecule has 1 atom stereocenters. The standard InChI is InChI=1S/C8H9BrN4O8/c1-4(21-13(18)19)2-11-5(3-20-12(16)17)6(9)7(14)10-8(11)15/h4H,2-3H2,1H3,(H,10,14,15). The van der Waals surface area contributed by atoms with Crippen LogP contribution in [0.3, 0.4) is 0 Å². The van der Waals surface area contributed by atoms with E-state index in [2.05, 4.69) is 25.6 Å². The molecule has 0 saturated heterocycles. The van der Waals surface area contributed by atoms with E-state index in [0.717, 1.165) is 4.57 Å². The lowest BCUT2D eigenvalue weighted by Gasteiger charge is -2.16. The number of hydrogen-bond acceptors (Lipinski definition) is 8. The van der Waals surface area contributed by atoms with Crippen LogP contribution in [0.2, 0.25) is 0 Å². The maximum absolute atomic E-state index is 11.7. The largest absolute Gasteiger partial charge is 0.328 e. The molecule has 1 N–H and O–H groups in total. The second-order valence-corrected chi connectivity index (χ2v) is 4.56. The predicted molar refractivity (Wildman–Crippen MR) is 68.3 cm³/mol. The van der Waals surface area contributed by atoms with Gasteiger partial charge in [-0.05, 0) is 22.9 Å². The highest BCUT2D eigenvalue weighted by atomic mass is 79.9. The van der Waals surface area contributed by atoms with Crippen molar-refractivity contribution in [1.82, 2.24) is 9.55 Å². The Labute approximate surface area is 123 Å². The molecule has 13 heteroatoms. The number of aromatic nitrogens is 2. The maximum atomic E-state index is 11.7. The quantitative estimate of drug-likeness (QED) is 0.502. The molecule has 21 heavy (non-hydrogen) atoms. The zero-order valence-corrected chi connectivity index (χ0v) is 12.1. The Bertz CT molecular complexity index is 667. The molecule has 116 valence electrons. The molecule has 1 unspecified atom stereocenters. The van der Waals surface area contributed by atoms with Crippen LogP contribution in [0.5, 0.6) is 0 Å². The van der Waals surface area contributed by atoms with Gasteiger partial charge >= 0.3 is 5.69 Å². The molecule has 1 heterocycles. The Kier molecular flexibility index (Phi) is 5.40. The highest BCUT2D eigenvalue weighted by molar-refractivity contribution is 9.10. The van der Waals surface area contributed by atoms with Crippen LogP contribution in [-0.4, -0.2) is 25.8 Å². The first kappa shape index (κ1) is 16.6. The predicted octanol–water partition coefficient (Wildman–Crippen LogP) is -0.396. The number of aromatic amines is 1. The average molecular weight is 369 g/mol. The third-order valence-corrected chi connectivity index (χ3v) is 3.07. The monoisotopic (exact) mass is 368 g/mol. The van der Waals surface area contributed by atoms with E-state index >= 15 is 0 Å². The summed E-state index contributed by atoms with van der Waals surface area (Å²) in [5, 5.41) is 18.3. The van der Waals surface area contributed by atoms with Crippen LogP contribution < -0.4 is 11.2 Å². The average Bonchev–Trinajstić information content (AvgIpc) is 2.34. The molecule has 1 aromatic rings. The van der Waals surface area contributed by atoms with Gasteiger partial charge in [0.15, 0.2) is 0 Å². The molecule has 0 spiro atoms. The van der Waals surface area contributed by atoms with E-state index in [1.165, 1.54) is 6.92 Å². The summed E-state index contributed by atoms with van der Waals surface area (Å²) < 4.78 is 0.723. The summed E-state index contributed by atoms with van der Waals surface area (Å²) in [7, 11) is 0. The zero-order chi connectivity index (χ0) is 16.2. The summed E-state index contributed by atoms with van der Waals surface area (Å²) in [5.74, 6) is 0. The van der Waals surface area contributed by atoms with Crippen LogP contribution in [0.4, 0.5) is 0 Å². The summed E-state index contributed by atoms with van der Waals surface area (Å²) in [5.41, 5.74) is -1.84. The van der Waals surface area contributed by atoms with E-state index in [-0.39, 0.29) is 16.7 Å². The second kappa shape index (κ2) is 6.83. The van der Waals surface area contributed by atoms with Crippen molar-refractivity contribution in [2.75, 3.05) is 0 Å². The lowest BCUT2D eigenvalue weighted by atomic mass is 10.3. The Morgan fingerprint density at radius 3 is 2.48 bits per heavy atom. The SMILES string of the molecule is CC(Cn1c(CO[N+](=O)[O-])c(Br)c(=O)[nH]c1=O)O[N+](=O)[O-]. The van der Waals surface area contributed by atoms with Crippen molar-refractivity contribution in [2.45, 2.75) is 26.2 Å². The van der Waals surface area contributed by atoms with E-state index < -0.39 is 34.1 Å². The van der Waals surface area contributed by atoms with E-state index in [0.29, 0.717) is 0 Å². The van der Waals surface area contributed by atoms with E-state index in [1.807, 2.05) is 4.98 Å². The molecule has 0 fully saturated rings. The highest BCUT2D eigenvalue weighted by Crippen LogP contribution is 2.12. The number of nitrogens with zero attached hydrogens (tertiary/aromatic N) is 3. The number of H-pyrrole nitrogens is 1. The lowest BCUT2D eigenvalue weighted by Crippen LogP contribution is -2.37. The summed E-state index contributed by atoms with van der Waals surface area (Å²) in [4.78, 5) is 53.9. The molecule has 0 bridgehead atoms. The highest BCUT2D eigenvalue weighted by Gasteiger charge is 2.17. The fourth-order valence-corrected chi connectivity index (χ4v) is 1.90. The minimum Gasteiger partial charge on any atom is -0.309 e. The van der Waals surface area contributed by atoms with Gasteiger partial charge in [-0.25, -0.2) is 4.79 Å². The van der Waals surface area contributed by atoms with E-state index in [9.17, 15) is 29.8 Å². The van der Waals surface area contributed by atoms with Crippen molar-refractivity contribution in [2.24, 2.45) is 0 Å². The first-order valence-electron chi connectivity index (χ1n) is 5.32. The van der Waals surface area contributed by atoms with Gasteiger partial charge in [0, 0.05) is 0 Å². The van der Waals surface area contributed by atoms with Gasteiger partial charge in [0.25, 0.3) is 15.7 Å². The molecule has 0 radical (unpaired) electrons. The molecule has 0 aliphatic carbocycles. The van der Waals surface area contributed by atoms with E-state index in [4.69, 9.17) is 0 Å². The molecule has 0 aromatic carbocycles. The summed E-state index contributed by atoms with van der Waals surface area (Å²) in [6, 6.07) is 0. The molecular weight excluding hydrogens is 360 g/mol. The topological polar surface area (TPSA) is 160 Å². The number of rotatable bonds is 7. The minimum atomic E-state index is -1.10. The van der Waals surface area contributed by atoms with Crippen molar-refractivity contribution in [1.29, 1.82) is 0 Å². The number of halogens is 1. The zero-order valence-electron chi connectivity index (χ0n) is 10.5. The Morgan fingerprint density at radius 1 is 1.33 bits per heavy atom. The van der Waals surface area contributed by atoms with Gasteiger partial charge in [-0.15, -0.1) is 20.2 Å². The van der Waals surface area contributed by atoms with Crippen molar-refractivity contribution >= 4 is 15.9 Å². The van der Waals surface area contributed by atoms with Gasteiger partial charge < -0.3 is 9.68 Å². The van der Waals surface area contributed by atoms with Crippen LogP contribution in [0.1, 0.15) is 12.6 Å². The summed E-state index contributed by atoms with van der Waals surface area (Å²) in [6.07, 6.45) is -1.02. The second-order valence-electron chi connectivity index (χ2n) is 3.77. The normalized spacial score (nSPS) is 11.7. The Balaban J connectivity index is 3.19. The summed E-state index contributed by atoms with van der Waals surface area (Å²) >= 11 is 2.88. The molecule has 1 rings (SSSR count). The van der Waals surface area contributed by atoms with Crippen LogP contribution >= 0.6 is 15.9 Å². The van der Waals surface area contributed by atoms with Crippen molar-refractivity contribution < 1.29 is 19.8 Å². The fourth-order valence-electron chi connectivity index (χ4n) is 1.48. The van der Waals surface area contributed by atoms with Gasteiger partial charge in [-0.2, -0.15) is 0 Å². The lowest BCUT2D eigenvalue weighted by molar-refractivity contribution is -0.768. The molecule has 1 aromatic heterocycles. The first-order valence-corrected chi connectivity index (χ1v) is 6.11. The third kappa shape index (κ3) is 4.55. The molecule has 0 amide bonds. The van der Waals surface area contributed by atoms with Gasteiger partial charge in [-0.3, -0.25) is 14.3 Å². The number of nitrogens with one attached hydrogen (secondary N) is 1. The summed E-state index contributed by atoms with van der Waals surface area (Å²) in [6.45, 7) is 0.315. The van der Waals surface area contributed by atoms with Crippen LogP contribution in [0.15, 0.2) is 14.1 Å². The van der Waals surface area contributed by atoms with Gasteiger partial charge in [0.05, 0.1) is 12.2 Å². The number of hydrogen-bond donors (Lipinski definition) is 1. The minimum absolute atomic E-state index is 0.140. The Morgan fingerprint density at radius 2 is 1.95 bits per heavy atom. The smallest absolute Gasteiger partial charge is 0.309 e. The van der Waals surface area contributed by atoms with Gasteiger partial charge in [-0.1, -0.05) is 0 Å². The van der Waals surface area contributed by atoms with Gasteiger partial charge in [0.2, 0.25) is 0 Å². The van der Waals surface area contributed by atoms with Crippen LogP contribution in [-0.2, 0) is 22.8 Å².